The van der Waals surface area contributed by atoms with Crippen LogP contribution in [0.15, 0.2) is 36.7 Å². The molecule has 2 aliphatic rings. The number of anilines is 2. The zero-order valence-corrected chi connectivity index (χ0v) is 19.8. The van der Waals surface area contributed by atoms with Crippen LogP contribution >= 0.6 is 11.6 Å². The minimum atomic E-state index is -0.139. The summed E-state index contributed by atoms with van der Waals surface area (Å²) >= 11 is 6.27. The summed E-state index contributed by atoms with van der Waals surface area (Å²) in [4.78, 5) is 20.2. The highest BCUT2D eigenvalue weighted by Gasteiger charge is 2.28. The minimum Gasteiger partial charge on any atom is -0.494 e. The molecular weight excluding hydrogens is 460 g/mol. The Bertz CT molecular complexity index is 1130. The van der Waals surface area contributed by atoms with Crippen molar-refractivity contribution in [1.29, 1.82) is 0 Å². The number of pyridine rings is 1. The summed E-state index contributed by atoms with van der Waals surface area (Å²) < 4.78 is 20.8. The van der Waals surface area contributed by atoms with Crippen molar-refractivity contribution in [3.05, 3.63) is 52.9 Å². The van der Waals surface area contributed by atoms with E-state index >= 15 is 0 Å². The van der Waals surface area contributed by atoms with Crippen molar-refractivity contribution in [2.45, 2.75) is 6.42 Å². The molecule has 1 saturated heterocycles. The van der Waals surface area contributed by atoms with Crippen molar-refractivity contribution in [3.63, 3.8) is 0 Å². The van der Waals surface area contributed by atoms with E-state index in [0.29, 0.717) is 46.4 Å². The number of halogens is 1. The molecule has 0 unspecified atom stereocenters. The molecule has 0 saturated carbocycles. The Morgan fingerprint density at radius 3 is 2.53 bits per heavy atom. The number of carbonyl (C=O) groups excluding carboxylic acids is 1. The van der Waals surface area contributed by atoms with Crippen LogP contribution in [0.25, 0.3) is 11.3 Å². The molecule has 0 bridgehead atoms. The molecule has 9 nitrogen and oxygen atoms in total. The third-order valence-electron chi connectivity index (χ3n) is 5.41. The molecule has 4 heterocycles. The topological polar surface area (TPSA) is 107 Å². The molecular formula is C24H27ClN4O5. The zero-order chi connectivity index (χ0) is 23.9. The molecule has 3 N–H and O–H groups in total. The van der Waals surface area contributed by atoms with E-state index in [-0.39, 0.29) is 5.91 Å². The molecule has 3 aromatic rings. The van der Waals surface area contributed by atoms with Crippen LogP contribution in [0.4, 0.5) is 11.4 Å². The van der Waals surface area contributed by atoms with Crippen LogP contribution in [0.2, 0.25) is 5.02 Å². The number of aromatic nitrogens is 2. The van der Waals surface area contributed by atoms with Crippen LogP contribution in [0.5, 0.6) is 11.5 Å². The fourth-order valence-corrected chi connectivity index (χ4v) is 4.10. The van der Waals surface area contributed by atoms with Crippen molar-refractivity contribution in [3.8, 4) is 22.8 Å². The molecule has 10 heteroatoms. The van der Waals surface area contributed by atoms with Gasteiger partial charge in [0.25, 0.3) is 5.91 Å². The first-order chi connectivity index (χ1) is 16.6. The van der Waals surface area contributed by atoms with E-state index in [0.717, 1.165) is 43.4 Å². The molecule has 0 atom stereocenters. The molecule has 1 amide bonds. The quantitative estimate of drug-likeness (QED) is 0.503. The third kappa shape index (κ3) is 5.11. The summed E-state index contributed by atoms with van der Waals surface area (Å²) in [6.45, 7) is 3.69. The molecule has 0 aliphatic carbocycles. The Morgan fingerprint density at radius 2 is 1.85 bits per heavy atom. The minimum absolute atomic E-state index is 0.139. The number of aromatic amines is 1. The normalized spacial score (nSPS) is 14.9. The fourth-order valence-electron chi connectivity index (χ4n) is 3.84. The summed E-state index contributed by atoms with van der Waals surface area (Å²) in [6.07, 6.45) is 4.02. The SMILES string of the molecule is C1COCCO1.COc1cnccc1-c1[nH]c2c(c1Nc1cccc(Cl)c1OC)C(=O)NCC2. The van der Waals surface area contributed by atoms with E-state index < -0.39 is 0 Å². The van der Waals surface area contributed by atoms with Crippen molar-refractivity contribution < 1.29 is 23.7 Å². The molecule has 0 spiro atoms. The monoisotopic (exact) mass is 486 g/mol. The fraction of sp³-hybridized carbons (Fsp3) is 0.333. The van der Waals surface area contributed by atoms with Crippen molar-refractivity contribution >= 4 is 28.9 Å². The third-order valence-corrected chi connectivity index (χ3v) is 5.71. The van der Waals surface area contributed by atoms with E-state index in [1.807, 2.05) is 18.2 Å². The van der Waals surface area contributed by atoms with E-state index in [2.05, 4.69) is 20.6 Å². The number of benzene rings is 1. The molecule has 2 aromatic heterocycles. The number of ether oxygens (including phenoxy) is 4. The lowest BCUT2D eigenvalue weighted by Crippen LogP contribution is -2.31. The lowest BCUT2D eigenvalue weighted by atomic mass is 10.0. The molecule has 180 valence electrons. The van der Waals surface area contributed by atoms with Gasteiger partial charge in [-0.1, -0.05) is 17.7 Å². The van der Waals surface area contributed by atoms with Gasteiger partial charge in [0.15, 0.2) is 5.75 Å². The van der Waals surface area contributed by atoms with Gasteiger partial charge >= 0.3 is 0 Å². The van der Waals surface area contributed by atoms with Gasteiger partial charge in [0.1, 0.15) is 5.75 Å². The van der Waals surface area contributed by atoms with Crippen LogP contribution in [0.3, 0.4) is 0 Å². The second-order valence-electron chi connectivity index (χ2n) is 7.48. The number of fused-ring (bicyclic) bond motifs is 1. The smallest absolute Gasteiger partial charge is 0.255 e. The number of rotatable bonds is 5. The highest BCUT2D eigenvalue weighted by atomic mass is 35.5. The first-order valence-corrected chi connectivity index (χ1v) is 11.3. The summed E-state index contributed by atoms with van der Waals surface area (Å²) in [5, 5.41) is 6.72. The van der Waals surface area contributed by atoms with E-state index in [9.17, 15) is 4.79 Å². The Kier molecular flexibility index (Phi) is 7.89. The van der Waals surface area contributed by atoms with Gasteiger partial charge in [-0.15, -0.1) is 0 Å². The molecule has 5 rings (SSSR count). The largest absolute Gasteiger partial charge is 0.494 e. The van der Waals surface area contributed by atoms with Crippen LogP contribution in [0, 0.1) is 0 Å². The lowest BCUT2D eigenvalue weighted by molar-refractivity contribution is -0.0334. The summed E-state index contributed by atoms with van der Waals surface area (Å²) in [7, 11) is 3.14. The predicted octanol–water partition coefficient (Wildman–Crippen LogP) is 3.81. The van der Waals surface area contributed by atoms with Gasteiger partial charge < -0.3 is 34.6 Å². The van der Waals surface area contributed by atoms with Crippen molar-refractivity contribution in [2.24, 2.45) is 0 Å². The Hall–Kier alpha value is -3.27. The molecule has 34 heavy (non-hydrogen) atoms. The second kappa shape index (κ2) is 11.2. The number of H-pyrrole nitrogens is 1. The lowest BCUT2D eigenvalue weighted by Gasteiger charge is -2.17. The van der Waals surface area contributed by atoms with Crippen molar-refractivity contribution in [2.75, 3.05) is 52.5 Å². The highest BCUT2D eigenvalue weighted by molar-refractivity contribution is 6.32. The second-order valence-corrected chi connectivity index (χ2v) is 7.89. The number of nitrogens with zero attached hydrogens (tertiary/aromatic N) is 1. The maximum absolute atomic E-state index is 12.6. The average Bonchev–Trinajstić information content (AvgIpc) is 3.25. The number of hydrogen-bond donors (Lipinski definition) is 3. The maximum Gasteiger partial charge on any atom is 0.255 e. The predicted molar refractivity (Wildman–Crippen MR) is 130 cm³/mol. The summed E-state index contributed by atoms with van der Waals surface area (Å²) in [6, 6.07) is 7.25. The van der Waals surface area contributed by atoms with Gasteiger partial charge in [-0.2, -0.15) is 0 Å². The van der Waals surface area contributed by atoms with Gasteiger partial charge in [0.05, 0.1) is 74.5 Å². The van der Waals surface area contributed by atoms with E-state index in [1.54, 1.807) is 32.7 Å². The van der Waals surface area contributed by atoms with Gasteiger partial charge in [0, 0.05) is 30.4 Å². The van der Waals surface area contributed by atoms with Crippen LogP contribution in [0.1, 0.15) is 16.1 Å². The summed E-state index contributed by atoms with van der Waals surface area (Å²) in [5.74, 6) is 0.964. The number of methoxy groups -OCH3 is 2. The van der Waals surface area contributed by atoms with Gasteiger partial charge in [-0.3, -0.25) is 9.78 Å². The Balaban J connectivity index is 0.000000398. The number of hydrogen-bond acceptors (Lipinski definition) is 7. The van der Waals surface area contributed by atoms with Gasteiger partial charge in [-0.25, -0.2) is 0 Å². The van der Waals surface area contributed by atoms with Crippen LogP contribution in [-0.2, 0) is 15.9 Å². The number of nitrogens with one attached hydrogen (secondary N) is 3. The number of para-hydroxylation sites is 1. The molecule has 0 radical (unpaired) electrons. The maximum atomic E-state index is 12.6. The first kappa shape index (κ1) is 23.9. The molecule has 2 aliphatic heterocycles. The number of amides is 1. The molecule has 1 aromatic carbocycles. The summed E-state index contributed by atoms with van der Waals surface area (Å²) in [5.41, 5.74) is 4.26. The Morgan fingerprint density at radius 1 is 1.09 bits per heavy atom. The van der Waals surface area contributed by atoms with Crippen LogP contribution < -0.4 is 20.1 Å². The van der Waals surface area contributed by atoms with Gasteiger partial charge in [0.2, 0.25) is 0 Å². The highest BCUT2D eigenvalue weighted by Crippen LogP contribution is 2.42. The Labute approximate surface area is 202 Å². The zero-order valence-electron chi connectivity index (χ0n) is 19.1. The number of carbonyl (C=O) groups is 1. The standard InChI is InChI=1S/C20H19ClN4O3.C4H8O2/c1-27-15-10-22-8-6-11(15)17-18(16-13(24-17)7-9-23-20(16)26)25-14-5-3-4-12(21)19(14)28-2;1-2-6-4-3-5-1/h3-6,8,10,24-25H,7,9H2,1-2H3,(H,23,26);1-4H2. The van der Waals surface area contributed by atoms with Crippen molar-refractivity contribution in [1.82, 2.24) is 15.3 Å². The average molecular weight is 487 g/mol. The van der Waals surface area contributed by atoms with E-state index in [4.69, 9.17) is 30.5 Å². The van der Waals surface area contributed by atoms with Gasteiger partial charge in [-0.05, 0) is 18.2 Å². The molecule has 1 fully saturated rings. The van der Waals surface area contributed by atoms with Crippen LogP contribution in [-0.4, -0.2) is 63.1 Å². The first-order valence-electron chi connectivity index (χ1n) is 10.9. The van der Waals surface area contributed by atoms with E-state index in [1.165, 1.54) is 0 Å².